The minimum absolute atomic E-state index is 0.103. The summed E-state index contributed by atoms with van der Waals surface area (Å²) in [5.74, 6) is -1.51. The third-order valence-corrected chi connectivity index (χ3v) is 4.72. The van der Waals surface area contributed by atoms with Crippen molar-refractivity contribution >= 4 is 12.4 Å². The number of carbonyl (C=O) groups is 2. The minimum atomic E-state index is -1.24. The number of unbranched alkanes of at least 4 members (excludes halogenated alkanes) is 1. The first-order valence-corrected chi connectivity index (χ1v) is 9.69. The molecule has 0 aromatic rings. The van der Waals surface area contributed by atoms with Gasteiger partial charge in [0.25, 0.3) is 6.47 Å². The maximum atomic E-state index is 11.5. The van der Waals surface area contributed by atoms with Crippen LogP contribution in [0.5, 0.6) is 0 Å². The molecule has 0 saturated heterocycles. The summed E-state index contributed by atoms with van der Waals surface area (Å²) in [4.78, 5) is 22.5. The molecule has 0 radical (unpaired) electrons. The van der Waals surface area contributed by atoms with E-state index in [9.17, 15) is 9.59 Å². The van der Waals surface area contributed by atoms with Crippen LogP contribution in [-0.2, 0) is 19.1 Å². The number of ether oxygens (including phenoxy) is 2. The fourth-order valence-corrected chi connectivity index (χ4v) is 3.44. The van der Waals surface area contributed by atoms with Crippen molar-refractivity contribution in [2.24, 2.45) is 22.5 Å². The number of carbonyl (C=O) groups excluding carboxylic acids is 2. The van der Waals surface area contributed by atoms with Gasteiger partial charge in [0.2, 0.25) is 5.85 Å². The van der Waals surface area contributed by atoms with Crippen LogP contribution in [0.25, 0.3) is 0 Å². The summed E-state index contributed by atoms with van der Waals surface area (Å²) in [6, 6.07) is 0. The molecule has 0 aliphatic rings. The van der Waals surface area contributed by atoms with Crippen LogP contribution in [0.3, 0.4) is 0 Å². The maximum absolute atomic E-state index is 11.5. The predicted octanol–water partition coefficient (Wildman–Crippen LogP) is 3.58. The van der Waals surface area contributed by atoms with E-state index in [1.54, 1.807) is 0 Å². The number of nitrogens with one attached hydrogen (secondary N) is 1. The highest BCUT2D eigenvalue weighted by Crippen LogP contribution is 2.42. The van der Waals surface area contributed by atoms with Gasteiger partial charge >= 0.3 is 5.97 Å². The van der Waals surface area contributed by atoms with Gasteiger partial charge in [-0.2, -0.15) is 0 Å². The Labute approximate surface area is 159 Å². The average Bonchev–Trinajstić information content (AvgIpc) is 2.49. The van der Waals surface area contributed by atoms with E-state index in [4.69, 9.17) is 15.2 Å². The number of esters is 1. The largest absolute Gasteiger partial charge is 0.466 e. The Balaban J connectivity index is 4.64. The molecule has 0 spiro atoms. The van der Waals surface area contributed by atoms with Crippen molar-refractivity contribution in [3.63, 3.8) is 0 Å². The van der Waals surface area contributed by atoms with Crippen LogP contribution in [0.4, 0.5) is 0 Å². The van der Waals surface area contributed by atoms with Crippen molar-refractivity contribution < 1.29 is 19.1 Å². The van der Waals surface area contributed by atoms with Gasteiger partial charge in [-0.1, -0.05) is 48.5 Å². The van der Waals surface area contributed by atoms with Crippen LogP contribution in [0.15, 0.2) is 0 Å². The Bertz CT molecular complexity index is 432. The van der Waals surface area contributed by atoms with Crippen molar-refractivity contribution in [2.45, 2.75) is 86.4 Å². The fraction of sp³-hybridized carbons (Fsp3) is 0.900. The lowest BCUT2D eigenvalue weighted by Gasteiger charge is -2.45. The van der Waals surface area contributed by atoms with Crippen molar-refractivity contribution in [1.82, 2.24) is 5.32 Å². The number of hydrogen-bond donors (Lipinski definition) is 2. The second-order valence-electron chi connectivity index (χ2n) is 9.06. The van der Waals surface area contributed by atoms with Crippen LogP contribution < -0.4 is 11.1 Å². The summed E-state index contributed by atoms with van der Waals surface area (Å²) < 4.78 is 10.3. The van der Waals surface area contributed by atoms with E-state index in [2.05, 4.69) is 39.9 Å². The van der Waals surface area contributed by atoms with Crippen LogP contribution in [0.2, 0.25) is 0 Å². The maximum Gasteiger partial charge on any atom is 0.305 e. The zero-order valence-corrected chi connectivity index (χ0v) is 17.8. The quantitative estimate of drug-likeness (QED) is 0.222. The molecule has 6 nitrogen and oxygen atoms in total. The highest BCUT2D eigenvalue weighted by atomic mass is 16.6. The van der Waals surface area contributed by atoms with E-state index in [0.29, 0.717) is 32.5 Å². The molecular formula is C20H40N2O4. The van der Waals surface area contributed by atoms with E-state index in [1.165, 1.54) is 0 Å². The average molecular weight is 373 g/mol. The lowest BCUT2D eigenvalue weighted by Crippen LogP contribution is -2.63. The first-order chi connectivity index (χ1) is 11.9. The van der Waals surface area contributed by atoms with E-state index >= 15 is 0 Å². The normalized spacial score (nSPS) is 15.8. The highest BCUT2D eigenvalue weighted by molar-refractivity contribution is 5.69. The monoisotopic (exact) mass is 372 g/mol. The van der Waals surface area contributed by atoms with Gasteiger partial charge < -0.3 is 9.47 Å². The molecule has 0 aromatic heterocycles. The smallest absolute Gasteiger partial charge is 0.305 e. The first kappa shape index (κ1) is 24.9. The Morgan fingerprint density at radius 1 is 1.19 bits per heavy atom. The summed E-state index contributed by atoms with van der Waals surface area (Å²) in [6.45, 7) is 16.2. The van der Waals surface area contributed by atoms with Gasteiger partial charge in [0.05, 0.1) is 6.61 Å². The number of nitrogens with two attached hydrogens (primary N) is 1. The van der Waals surface area contributed by atoms with Crippen LogP contribution in [0.1, 0.15) is 80.6 Å². The van der Waals surface area contributed by atoms with Crippen LogP contribution >= 0.6 is 0 Å². The molecular weight excluding hydrogens is 332 g/mol. The molecule has 0 rings (SSSR count). The highest BCUT2D eigenvalue weighted by Gasteiger charge is 2.44. The van der Waals surface area contributed by atoms with Gasteiger partial charge in [0.15, 0.2) is 0 Å². The molecule has 0 heterocycles. The lowest BCUT2D eigenvalue weighted by molar-refractivity contribution is -0.162. The van der Waals surface area contributed by atoms with Gasteiger partial charge in [-0.25, -0.2) is 0 Å². The van der Waals surface area contributed by atoms with Crippen molar-refractivity contribution in [2.75, 3.05) is 13.2 Å². The molecule has 26 heavy (non-hydrogen) atoms. The minimum Gasteiger partial charge on any atom is -0.466 e. The van der Waals surface area contributed by atoms with E-state index in [-0.39, 0.29) is 22.7 Å². The molecule has 0 bridgehead atoms. The molecule has 6 heteroatoms. The third-order valence-electron chi connectivity index (χ3n) is 4.72. The standard InChI is InChI=1S/C20H40N2O4/c1-8-13-25-17(24)11-9-10-12-22-20(21,26-15-23)16(2)19(6,7)14-18(3,4)5/h15-16,22H,8-14,21H2,1-7H3. The summed E-state index contributed by atoms with van der Waals surface area (Å²) in [5, 5.41) is 3.18. The van der Waals surface area contributed by atoms with Gasteiger partial charge in [-0.05, 0) is 36.5 Å². The molecule has 0 amide bonds. The molecule has 154 valence electrons. The third kappa shape index (κ3) is 9.53. The first-order valence-electron chi connectivity index (χ1n) is 9.69. The molecule has 0 aromatic carbocycles. The van der Waals surface area contributed by atoms with Crippen molar-refractivity contribution in [3.05, 3.63) is 0 Å². The number of hydrogen-bond acceptors (Lipinski definition) is 6. The van der Waals surface area contributed by atoms with Gasteiger partial charge in [0.1, 0.15) is 0 Å². The Morgan fingerprint density at radius 3 is 2.31 bits per heavy atom. The van der Waals surface area contributed by atoms with Gasteiger partial charge in [-0.15, -0.1) is 0 Å². The van der Waals surface area contributed by atoms with Crippen LogP contribution in [0, 0.1) is 16.7 Å². The SMILES string of the molecule is CCCOC(=O)CCCCNC(N)(OC=O)C(C)C(C)(C)CC(C)(C)C. The molecule has 0 aliphatic heterocycles. The molecule has 0 saturated carbocycles. The zero-order chi connectivity index (χ0) is 20.4. The van der Waals surface area contributed by atoms with Gasteiger partial charge in [-0.3, -0.25) is 20.6 Å². The topological polar surface area (TPSA) is 90.7 Å². The summed E-state index contributed by atoms with van der Waals surface area (Å²) >= 11 is 0. The molecule has 2 unspecified atom stereocenters. The van der Waals surface area contributed by atoms with E-state index in [1.807, 2.05) is 13.8 Å². The van der Waals surface area contributed by atoms with Crippen LogP contribution in [-0.4, -0.2) is 31.4 Å². The van der Waals surface area contributed by atoms with E-state index in [0.717, 1.165) is 19.3 Å². The second kappa shape index (κ2) is 10.9. The van der Waals surface area contributed by atoms with Crippen molar-refractivity contribution in [1.29, 1.82) is 0 Å². The van der Waals surface area contributed by atoms with E-state index < -0.39 is 5.85 Å². The predicted molar refractivity (Wildman–Crippen MR) is 104 cm³/mol. The molecule has 0 aliphatic carbocycles. The molecule has 3 N–H and O–H groups in total. The lowest BCUT2D eigenvalue weighted by atomic mass is 9.67. The zero-order valence-electron chi connectivity index (χ0n) is 17.8. The van der Waals surface area contributed by atoms with Gasteiger partial charge in [0, 0.05) is 18.9 Å². The molecule has 2 atom stereocenters. The Morgan fingerprint density at radius 2 is 1.81 bits per heavy atom. The molecule has 0 fully saturated rings. The second-order valence-corrected chi connectivity index (χ2v) is 9.06. The summed E-state index contributed by atoms with van der Waals surface area (Å²) in [7, 11) is 0. The Kier molecular flexibility index (Phi) is 10.4. The number of rotatable bonds is 13. The van der Waals surface area contributed by atoms with Crippen molar-refractivity contribution in [3.8, 4) is 0 Å². The Hall–Kier alpha value is -1.14. The fourth-order valence-electron chi connectivity index (χ4n) is 3.44. The summed E-state index contributed by atoms with van der Waals surface area (Å²) in [6.07, 6.45) is 3.60. The summed E-state index contributed by atoms with van der Waals surface area (Å²) in [5.41, 5.74) is 6.41.